The highest BCUT2D eigenvalue weighted by atomic mass is 32.2. The van der Waals surface area contributed by atoms with Gasteiger partial charge in [0.25, 0.3) is 5.91 Å². The number of amides is 1. The molecule has 170 valence electrons. The number of hydrogen-bond donors (Lipinski definition) is 0. The van der Waals surface area contributed by atoms with E-state index in [1.165, 1.54) is 16.4 Å². The van der Waals surface area contributed by atoms with E-state index in [1.807, 2.05) is 36.4 Å². The summed E-state index contributed by atoms with van der Waals surface area (Å²) in [7, 11) is -1.90. The van der Waals surface area contributed by atoms with Gasteiger partial charge in [-0.2, -0.15) is 4.31 Å². The molecule has 0 fully saturated rings. The van der Waals surface area contributed by atoms with Crippen molar-refractivity contribution in [3.63, 3.8) is 0 Å². The molecule has 8 heteroatoms. The maximum absolute atomic E-state index is 12.8. The Balaban J connectivity index is 1.60. The molecule has 1 aromatic heterocycles. The predicted molar refractivity (Wildman–Crippen MR) is 124 cm³/mol. The lowest BCUT2D eigenvalue weighted by Crippen LogP contribution is -2.31. The third-order valence-electron chi connectivity index (χ3n) is 5.32. The van der Waals surface area contributed by atoms with Gasteiger partial charge in [0.05, 0.1) is 4.90 Å². The second-order valence-corrected chi connectivity index (χ2v) is 9.43. The molecule has 32 heavy (non-hydrogen) atoms. The predicted octanol–water partition coefficient (Wildman–Crippen LogP) is 4.08. The van der Waals surface area contributed by atoms with Gasteiger partial charge in [0.15, 0.2) is 0 Å². The Bertz CT molecular complexity index is 1140. The lowest BCUT2D eigenvalue weighted by molar-refractivity contribution is 0.0792. The van der Waals surface area contributed by atoms with Crippen LogP contribution in [0.1, 0.15) is 36.4 Å². The molecule has 3 aromatic rings. The molecule has 0 aliphatic heterocycles. The molecule has 1 amide bonds. The number of aryl methyl sites for hydroxylation is 1. The van der Waals surface area contributed by atoms with Gasteiger partial charge in [0.1, 0.15) is 11.5 Å². The van der Waals surface area contributed by atoms with Gasteiger partial charge in [-0.05, 0) is 24.6 Å². The zero-order chi connectivity index (χ0) is 23.1. The molecule has 3 rings (SSSR count). The van der Waals surface area contributed by atoms with Gasteiger partial charge in [-0.1, -0.05) is 55.4 Å². The van der Waals surface area contributed by atoms with E-state index in [4.69, 9.17) is 4.52 Å². The third-order valence-corrected chi connectivity index (χ3v) is 7.36. The molecule has 0 bridgehead atoms. The summed E-state index contributed by atoms with van der Waals surface area (Å²) in [6.45, 7) is 4.85. The van der Waals surface area contributed by atoms with Crippen molar-refractivity contribution in [2.75, 3.05) is 26.7 Å². The zero-order valence-electron chi connectivity index (χ0n) is 18.7. The van der Waals surface area contributed by atoms with Crippen LogP contribution in [0.5, 0.6) is 0 Å². The first-order valence-corrected chi connectivity index (χ1v) is 12.2. The van der Waals surface area contributed by atoms with Crippen LogP contribution in [-0.4, -0.2) is 55.4 Å². The molecule has 0 atom stereocenters. The summed E-state index contributed by atoms with van der Waals surface area (Å²) in [6.07, 6.45) is 1.34. The second-order valence-electron chi connectivity index (χ2n) is 7.49. The van der Waals surface area contributed by atoms with Gasteiger partial charge in [0.2, 0.25) is 10.0 Å². The number of sulfonamides is 1. The Morgan fingerprint density at radius 2 is 1.72 bits per heavy atom. The van der Waals surface area contributed by atoms with Gasteiger partial charge in [0, 0.05) is 50.3 Å². The Kier molecular flexibility index (Phi) is 7.82. The molecule has 0 N–H and O–H groups in total. The highest BCUT2D eigenvalue weighted by Gasteiger charge is 2.23. The van der Waals surface area contributed by atoms with Gasteiger partial charge in [-0.3, -0.25) is 4.79 Å². The van der Waals surface area contributed by atoms with Crippen LogP contribution in [0.2, 0.25) is 0 Å². The summed E-state index contributed by atoms with van der Waals surface area (Å²) in [5, 5.41) is 4.11. The van der Waals surface area contributed by atoms with Crippen molar-refractivity contribution in [3.8, 4) is 11.3 Å². The summed E-state index contributed by atoms with van der Waals surface area (Å²) in [6, 6.07) is 17.9. The standard InChI is InChI=1S/C24H29N3O4S/c1-4-27(5-2)32(29,30)22-15-9-13-20(17-22)24(28)26(3)16-10-14-21-18-23(25-31-21)19-11-7-6-8-12-19/h6-9,11-13,15,17-18H,4-5,10,14,16H2,1-3H3. The first kappa shape index (κ1) is 23.7. The molecule has 0 saturated heterocycles. The van der Waals surface area contributed by atoms with Crippen molar-refractivity contribution in [2.45, 2.75) is 31.6 Å². The van der Waals surface area contributed by atoms with Crippen LogP contribution in [0.25, 0.3) is 11.3 Å². The largest absolute Gasteiger partial charge is 0.361 e. The molecule has 0 unspecified atom stereocenters. The lowest BCUT2D eigenvalue weighted by Gasteiger charge is -2.20. The van der Waals surface area contributed by atoms with Gasteiger partial charge in [-0.15, -0.1) is 0 Å². The van der Waals surface area contributed by atoms with E-state index in [9.17, 15) is 13.2 Å². The van der Waals surface area contributed by atoms with Crippen LogP contribution in [0.15, 0.2) is 70.1 Å². The van der Waals surface area contributed by atoms with Crippen molar-refractivity contribution in [2.24, 2.45) is 0 Å². The fourth-order valence-corrected chi connectivity index (χ4v) is 4.99. The summed E-state index contributed by atoms with van der Waals surface area (Å²) in [4.78, 5) is 14.6. The SMILES string of the molecule is CCN(CC)S(=O)(=O)c1cccc(C(=O)N(C)CCCc2cc(-c3ccccc3)no2)c1. The molecule has 0 aliphatic carbocycles. The van der Waals surface area contributed by atoms with Crippen LogP contribution in [0, 0.1) is 0 Å². The molecule has 0 radical (unpaired) electrons. The average molecular weight is 456 g/mol. The lowest BCUT2D eigenvalue weighted by atomic mass is 10.1. The Hall–Kier alpha value is -2.97. The maximum atomic E-state index is 12.8. The molecule has 2 aromatic carbocycles. The van der Waals surface area contributed by atoms with E-state index >= 15 is 0 Å². The molecule has 0 aliphatic rings. The normalized spacial score (nSPS) is 11.6. The number of aromatic nitrogens is 1. The maximum Gasteiger partial charge on any atom is 0.253 e. The Morgan fingerprint density at radius 1 is 1.00 bits per heavy atom. The van der Waals surface area contributed by atoms with Crippen molar-refractivity contribution in [1.82, 2.24) is 14.4 Å². The molecular weight excluding hydrogens is 426 g/mol. The topological polar surface area (TPSA) is 83.7 Å². The minimum absolute atomic E-state index is 0.135. The summed E-state index contributed by atoms with van der Waals surface area (Å²) in [5.41, 5.74) is 2.14. The highest BCUT2D eigenvalue weighted by molar-refractivity contribution is 7.89. The van der Waals surface area contributed by atoms with Crippen LogP contribution in [0.3, 0.4) is 0 Å². The second kappa shape index (κ2) is 10.6. The van der Waals surface area contributed by atoms with E-state index in [0.717, 1.165) is 17.0 Å². The number of nitrogens with zero attached hydrogens (tertiary/aromatic N) is 3. The van der Waals surface area contributed by atoms with Crippen molar-refractivity contribution >= 4 is 15.9 Å². The monoisotopic (exact) mass is 455 g/mol. The Morgan fingerprint density at radius 3 is 2.41 bits per heavy atom. The fraction of sp³-hybridized carbons (Fsp3) is 0.333. The van der Waals surface area contributed by atoms with Crippen molar-refractivity contribution in [1.29, 1.82) is 0 Å². The van der Waals surface area contributed by atoms with E-state index in [2.05, 4.69) is 5.16 Å². The van der Waals surface area contributed by atoms with E-state index in [-0.39, 0.29) is 10.8 Å². The van der Waals surface area contributed by atoms with Crippen molar-refractivity contribution in [3.05, 3.63) is 72.0 Å². The van der Waals surface area contributed by atoms with Gasteiger partial charge in [-0.25, -0.2) is 8.42 Å². The molecule has 1 heterocycles. The summed E-state index contributed by atoms with van der Waals surface area (Å²) >= 11 is 0. The smallest absolute Gasteiger partial charge is 0.253 e. The number of carbonyl (C=O) groups excluding carboxylic acids is 1. The Labute approximate surface area is 189 Å². The number of hydrogen-bond acceptors (Lipinski definition) is 5. The number of carbonyl (C=O) groups is 1. The molecule has 0 spiro atoms. The molecular formula is C24H29N3O4S. The highest BCUT2D eigenvalue weighted by Crippen LogP contribution is 2.20. The molecule has 0 saturated carbocycles. The van der Waals surface area contributed by atoms with Crippen molar-refractivity contribution < 1.29 is 17.7 Å². The van der Waals surface area contributed by atoms with Crippen LogP contribution in [-0.2, 0) is 16.4 Å². The summed E-state index contributed by atoms with van der Waals surface area (Å²) in [5.74, 6) is 0.543. The average Bonchev–Trinajstić information content (AvgIpc) is 3.29. The minimum Gasteiger partial charge on any atom is -0.361 e. The summed E-state index contributed by atoms with van der Waals surface area (Å²) < 4.78 is 32.3. The van der Waals surface area contributed by atoms with E-state index < -0.39 is 10.0 Å². The number of rotatable bonds is 10. The van der Waals surface area contributed by atoms with Gasteiger partial charge >= 0.3 is 0 Å². The van der Waals surface area contributed by atoms with Gasteiger partial charge < -0.3 is 9.42 Å². The quantitative estimate of drug-likeness (QED) is 0.460. The van der Waals surface area contributed by atoms with Crippen LogP contribution < -0.4 is 0 Å². The first-order valence-electron chi connectivity index (χ1n) is 10.7. The zero-order valence-corrected chi connectivity index (χ0v) is 19.5. The number of benzene rings is 2. The van der Waals surface area contributed by atoms with E-state index in [0.29, 0.717) is 38.0 Å². The van der Waals surface area contributed by atoms with E-state index in [1.54, 1.807) is 37.9 Å². The minimum atomic E-state index is -3.61. The van der Waals surface area contributed by atoms with Crippen LogP contribution in [0.4, 0.5) is 0 Å². The first-order chi connectivity index (χ1) is 15.4. The van der Waals surface area contributed by atoms with Crippen LogP contribution >= 0.6 is 0 Å². The fourth-order valence-electron chi connectivity index (χ4n) is 3.49. The molecule has 7 nitrogen and oxygen atoms in total. The third kappa shape index (κ3) is 5.44.